The quantitative estimate of drug-likeness (QED) is 0.927. The van der Waals surface area contributed by atoms with Gasteiger partial charge in [0, 0.05) is 37.6 Å². The third kappa shape index (κ3) is 3.68. The normalized spacial score (nSPS) is 17.1. The van der Waals surface area contributed by atoms with Gasteiger partial charge in [-0.1, -0.05) is 6.07 Å². The van der Waals surface area contributed by atoms with E-state index in [0.717, 1.165) is 35.5 Å². The minimum atomic E-state index is 0. The molecule has 1 aromatic carbocycles. The number of hydrogen-bond acceptors (Lipinski definition) is 4. The molecule has 0 bridgehead atoms. The number of nitrogens with zero attached hydrogens (tertiary/aromatic N) is 2. The van der Waals surface area contributed by atoms with Crippen LogP contribution in [0.25, 0.3) is 0 Å². The molecule has 0 radical (unpaired) electrons. The lowest BCUT2D eigenvalue weighted by Crippen LogP contribution is -2.48. The van der Waals surface area contributed by atoms with Crippen molar-refractivity contribution in [2.75, 3.05) is 26.7 Å². The number of piperazine rings is 1. The highest BCUT2D eigenvalue weighted by atomic mass is 35.5. The van der Waals surface area contributed by atoms with E-state index in [4.69, 9.17) is 4.74 Å². The van der Waals surface area contributed by atoms with Crippen molar-refractivity contribution < 1.29 is 9.53 Å². The molecule has 0 spiro atoms. The van der Waals surface area contributed by atoms with Crippen LogP contribution in [0.5, 0.6) is 5.75 Å². The largest absolute Gasteiger partial charge is 0.497 e. The molecule has 1 saturated heterocycles. The van der Waals surface area contributed by atoms with Crippen molar-refractivity contribution in [3.63, 3.8) is 0 Å². The van der Waals surface area contributed by atoms with Crippen LogP contribution in [0, 0.1) is 6.92 Å². The summed E-state index contributed by atoms with van der Waals surface area (Å²) in [6.45, 7) is 4.17. The second-order valence-electron chi connectivity index (χ2n) is 5.69. The predicted octanol–water partition coefficient (Wildman–Crippen LogP) is 2.61. The first-order valence-electron chi connectivity index (χ1n) is 7.77. The SMILES string of the molecule is COc1ccc(C(=O)N2CCNCC2c2cccnc2)c(C)c1.Cl. The number of rotatable bonds is 3. The van der Waals surface area contributed by atoms with Gasteiger partial charge in [0.2, 0.25) is 0 Å². The van der Waals surface area contributed by atoms with Crippen LogP contribution < -0.4 is 10.1 Å². The Morgan fingerprint density at radius 3 is 2.88 bits per heavy atom. The van der Waals surface area contributed by atoms with E-state index in [2.05, 4.69) is 10.3 Å². The number of amides is 1. The van der Waals surface area contributed by atoms with E-state index in [0.29, 0.717) is 6.54 Å². The van der Waals surface area contributed by atoms with E-state index >= 15 is 0 Å². The van der Waals surface area contributed by atoms with Gasteiger partial charge in [-0.15, -0.1) is 12.4 Å². The number of halogens is 1. The molecule has 1 aliphatic rings. The maximum atomic E-state index is 13.0. The molecule has 0 saturated carbocycles. The molecule has 1 N–H and O–H groups in total. The Morgan fingerprint density at radius 1 is 1.38 bits per heavy atom. The third-order valence-corrected chi connectivity index (χ3v) is 4.24. The van der Waals surface area contributed by atoms with Gasteiger partial charge in [-0.25, -0.2) is 0 Å². The van der Waals surface area contributed by atoms with Gasteiger partial charge in [-0.3, -0.25) is 9.78 Å². The lowest BCUT2D eigenvalue weighted by atomic mass is 10.0. The predicted molar refractivity (Wildman–Crippen MR) is 95.9 cm³/mol. The second kappa shape index (κ2) is 8.13. The fraction of sp³-hybridized carbons (Fsp3) is 0.333. The molecule has 128 valence electrons. The molecule has 1 aromatic heterocycles. The summed E-state index contributed by atoms with van der Waals surface area (Å²) in [4.78, 5) is 19.2. The molecule has 6 heteroatoms. The van der Waals surface area contributed by atoms with Crippen LogP contribution in [-0.2, 0) is 0 Å². The van der Waals surface area contributed by atoms with Crippen LogP contribution in [0.2, 0.25) is 0 Å². The van der Waals surface area contributed by atoms with Crippen molar-refractivity contribution >= 4 is 18.3 Å². The number of hydrogen-bond donors (Lipinski definition) is 1. The van der Waals surface area contributed by atoms with Crippen molar-refractivity contribution in [2.24, 2.45) is 0 Å². The summed E-state index contributed by atoms with van der Waals surface area (Å²) in [6.07, 6.45) is 3.58. The van der Waals surface area contributed by atoms with Crippen molar-refractivity contribution in [1.29, 1.82) is 0 Å². The smallest absolute Gasteiger partial charge is 0.254 e. The zero-order valence-electron chi connectivity index (χ0n) is 13.9. The lowest BCUT2D eigenvalue weighted by Gasteiger charge is -2.36. The highest BCUT2D eigenvalue weighted by molar-refractivity contribution is 5.96. The number of carbonyl (C=O) groups is 1. The Hall–Kier alpha value is -2.11. The van der Waals surface area contributed by atoms with Gasteiger partial charge in [-0.2, -0.15) is 0 Å². The summed E-state index contributed by atoms with van der Waals surface area (Å²) in [5.74, 6) is 0.823. The first-order chi connectivity index (χ1) is 11.2. The summed E-state index contributed by atoms with van der Waals surface area (Å²) < 4.78 is 5.22. The number of pyridine rings is 1. The van der Waals surface area contributed by atoms with Crippen molar-refractivity contribution in [3.05, 3.63) is 59.4 Å². The number of aromatic nitrogens is 1. The second-order valence-corrected chi connectivity index (χ2v) is 5.69. The molecule has 5 nitrogen and oxygen atoms in total. The Labute approximate surface area is 148 Å². The fourth-order valence-corrected chi connectivity index (χ4v) is 2.98. The van der Waals surface area contributed by atoms with E-state index in [1.807, 2.05) is 48.4 Å². The lowest BCUT2D eigenvalue weighted by molar-refractivity contribution is 0.0633. The summed E-state index contributed by atoms with van der Waals surface area (Å²) in [5.41, 5.74) is 2.71. The average Bonchev–Trinajstić information content (AvgIpc) is 2.62. The Bertz CT molecular complexity index is 694. The Balaban J connectivity index is 0.00000208. The highest BCUT2D eigenvalue weighted by Gasteiger charge is 2.29. The van der Waals surface area contributed by atoms with E-state index in [-0.39, 0.29) is 24.4 Å². The molecule has 3 rings (SSSR count). The average molecular weight is 348 g/mol. The monoisotopic (exact) mass is 347 g/mol. The Morgan fingerprint density at radius 2 is 2.21 bits per heavy atom. The number of carbonyl (C=O) groups excluding carboxylic acids is 1. The van der Waals surface area contributed by atoms with Gasteiger partial charge >= 0.3 is 0 Å². The van der Waals surface area contributed by atoms with Crippen LogP contribution in [0.15, 0.2) is 42.7 Å². The highest BCUT2D eigenvalue weighted by Crippen LogP contribution is 2.25. The van der Waals surface area contributed by atoms with Crippen LogP contribution >= 0.6 is 12.4 Å². The molecule has 1 unspecified atom stereocenters. The third-order valence-electron chi connectivity index (χ3n) is 4.24. The number of aryl methyl sites for hydroxylation is 1. The first-order valence-corrected chi connectivity index (χ1v) is 7.77. The molecule has 24 heavy (non-hydrogen) atoms. The molecule has 1 atom stereocenters. The van der Waals surface area contributed by atoms with Crippen molar-refractivity contribution in [1.82, 2.24) is 15.2 Å². The molecule has 1 aliphatic heterocycles. The number of benzene rings is 1. The molecular formula is C18H22ClN3O2. The van der Waals surface area contributed by atoms with Gasteiger partial charge in [0.1, 0.15) is 5.75 Å². The number of nitrogens with one attached hydrogen (secondary N) is 1. The molecule has 0 aliphatic carbocycles. The van der Waals surface area contributed by atoms with E-state index < -0.39 is 0 Å². The van der Waals surface area contributed by atoms with E-state index in [9.17, 15) is 4.79 Å². The topological polar surface area (TPSA) is 54.5 Å². The van der Waals surface area contributed by atoms with Crippen molar-refractivity contribution in [2.45, 2.75) is 13.0 Å². The van der Waals surface area contributed by atoms with E-state index in [1.54, 1.807) is 13.3 Å². The van der Waals surface area contributed by atoms with Crippen molar-refractivity contribution in [3.8, 4) is 5.75 Å². The summed E-state index contributed by atoms with van der Waals surface area (Å²) in [6, 6.07) is 9.51. The zero-order chi connectivity index (χ0) is 16.2. The standard InChI is InChI=1S/C18H21N3O2.ClH/c1-13-10-15(23-2)5-6-16(13)18(22)21-9-8-20-12-17(21)14-4-3-7-19-11-14;/h3-7,10-11,17,20H,8-9,12H2,1-2H3;1H. The van der Waals surface area contributed by atoms with Gasteiger partial charge in [0.25, 0.3) is 5.91 Å². The fourth-order valence-electron chi connectivity index (χ4n) is 2.98. The maximum absolute atomic E-state index is 13.0. The van der Waals surface area contributed by atoms with Gasteiger partial charge in [-0.05, 0) is 42.3 Å². The van der Waals surface area contributed by atoms with Crippen LogP contribution in [-0.4, -0.2) is 42.5 Å². The van der Waals surface area contributed by atoms with Gasteiger partial charge in [0.05, 0.1) is 13.2 Å². The number of methoxy groups -OCH3 is 1. The summed E-state index contributed by atoms with van der Waals surface area (Å²) in [5, 5.41) is 3.36. The van der Waals surface area contributed by atoms with Crippen LogP contribution in [0.1, 0.15) is 27.5 Å². The number of ether oxygens (including phenoxy) is 1. The molecule has 1 fully saturated rings. The first kappa shape index (κ1) is 18.2. The zero-order valence-corrected chi connectivity index (χ0v) is 14.7. The minimum Gasteiger partial charge on any atom is -0.497 e. The maximum Gasteiger partial charge on any atom is 0.254 e. The molecule has 1 amide bonds. The summed E-state index contributed by atoms with van der Waals surface area (Å²) in [7, 11) is 1.63. The molecule has 2 aromatic rings. The van der Waals surface area contributed by atoms with Crippen LogP contribution in [0.3, 0.4) is 0 Å². The molecular weight excluding hydrogens is 326 g/mol. The molecule has 2 heterocycles. The summed E-state index contributed by atoms with van der Waals surface area (Å²) >= 11 is 0. The van der Waals surface area contributed by atoms with Gasteiger partial charge < -0.3 is 15.0 Å². The van der Waals surface area contributed by atoms with Gasteiger partial charge in [0.15, 0.2) is 0 Å². The van der Waals surface area contributed by atoms with E-state index in [1.165, 1.54) is 0 Å². The minimum absolute atomic E-state index is 0. The Kier molecular flexibility index (Phi) is 6.17. The van der Waals surface area contributed by atoms with Crippen LogP contribution in [0.4, 0.5) is 0 Å².